The van der Waals surface area contributed by atoms with Crippen LogP contribution >= 0.6 is 23.2 Å². The smallest absolute Gasteiger partial charge is 0.300 e. The summed E-state index contributed by atoms with van der Waals surface area (Å²) in [5.74, 6) is -1.75. The number of benzene rings is 3. The summed E-state index contributed by atoms with van der Waals surface area (Å²) >= 11 is 12.5. The molecule has 1 amide bonds. The van der Waals surface area contributed by atoms with Gasteiger partial charge in [0.1, 0.15) is 23.0 Å². The first-order valence-corrected chi connectivity index (χ1v) is 11.2. The Morgan fingerprint density at radius 2 is 1.71 bits per heavy atom. The Balaban J connectivity index is 2.03. The molecule has 35 heavy (non-hydrogen) atoms. The number of anilines is 1. The SMILES string of the molecule is COc1cccc(N2C(=O)C(=O)/C(=C(/O)c3cc(C)cc(Cl)c3OC)C2c2ccc(O)c(Cl)c2)c1. The lowest BCUT2D eigenvalue weighted by Crippen LogP contribution is -2.29. The van der Waals surface area contributed by atoms with Crippen LogP contribution in [0.1, 0.15) is 22.7 Å². The van der Waals surface area contributed by atoms with Crippen molar-refractivity contribution in [2.45, 2.75) is 13.0 Å². The fraction of sp³-hybridized carbons (Fsp3) is 0.154. The number of phenols is 1. The number of aromatic hydroxyl groups is 1. The largest absolute Gasteiger partial charge is 0.507 e. The maximum Gasteiger partial charge on any atom is 0.300 e. The second-order valence-electron chi connectivity index (χ2n) is 7.91. The van der Waals surface area contributed by atoms with Crippen molar-refractivity contribution in [3.05, 3.63) is 86.9 Å². The highest BCUT2D eigenvalue weighted by atomic mass is 35.5. The van der Waals surface area contributed by atoms with Crippen LogP contribution in [-0.2, 0) is 9.59 Å². The Labute approximate surface area is 211 Å². The molecule has 9 heteroatoms. The standard InChI is InChI=1S/C26H21Cl2NO6/c1-13-9-17(25(35-3)19(28)10-13)23(31)21-22(14-7-8-20(30)18(27)11-14)29(26(33)24(21)32)15-5-4-6-16(12-15)34-2/h4-12,22,30-31H,1-3H3/b23-21+. The summed E-state index contributed by atoms with van der Waals surface area (Å²) in [5, 5.41) is 21.6. The lowest BCUT2D eigenvalue weighted by Gasteiger charge is -2.26. The van der Waals surface area contributed by atoms with Gasteiger partial charge < -0.3 is 19.7 Å². The van der Waals surface area contributed by atoms with E-state index in [2.05, 4.69) is 0 Å². The van der Waals surface area contributed by atoms with Crippen LogP contribution in [0.3, 0.4) is 0 Å². The number of ether oxygens (including phenoxy) is 2. The molecule has 0 radical (unpaired) electrons. The molecule has 7 nitrogen and oxygen atoms in total. The average Bonchev–Trinajstić information content (AvgIpc) is 3.10. The van der Waals surface area contributed by atoms with E-state index in [1.165, 1.54) is 37.3 Å². The Morgan fingerprint density at radius 3 is 2.37 bits per heavy atom. The summed E-state index contributed by atoms with van der Waals surface area (Å²) in [6, 6.07) is 13.1. The van der Waals surface area contributed by atoms with Gasteiger partial charge in [0, 0.05) is 11.8 Å². The van der Waals surface area contributed by atoms with E-state index in [1.54, 1.807) is 43.3 Å². The van der Waals surface area contributed by atoms with Gasteiger partial charge in [-0.1, -0.05) is 35.3 Å². The summed E-state index contributed by atoms with van der Waals surface area (Å²) in [6.07, 6.45) is 0. The third-order valence-corrected chi connectivity index (χ3v) is 6.29. The zero-order valence-corrected chi connectivity index (χ0v) is 20.5. The minimum Gasteiger partial charge on any atom is -0.507 e. The number of phenolic OH excluding ortho intramolecular Hbond substituents is 1. The molecular weight excluding hydrogens is 493 g/mol. The number of Topliss-reactive ketones (excluding diaryl/α,β-unsaturated/α-hetero) is 1. The molecular formula is C26H21Cl2NO6. The normalized spacial score (nSPS) is 17.1. The summed E-state index contributed by atoms with van der Waals surface area (Å²) in [4.78, 5) is 27.9. The van der Waals surface area contributed by atoms with Crippen LogP contribution < -0.4 is 14.4 Å². The number of carbonyl (C=O) groups is 2. The number of aliphatic hydroxyl groups is 1. The van der Waals surface area contributed by atoms with Crippen molar-refractivity contribution in [2.75, 3.05) is 19.1 Å². The van der Waals surface area contributed by atoms with Gasteiger partial charge in [0.2, 0.25) is 0 Å². The average molecular weight is 514 g/mol. The Kier molecular flexibility index (Phi) is 6.65. The molecule has 0 saturated carbocycles. The van der Waals surface area contributed by atoms with Crippen molar-refractivity contribution in [1.29, 1.82) is 0 Å². The second kappa shape index (κ2) is 9.52. The molecule has 1 fully saturated rings. The highest BCUT2D eigenvalue weighted by molar-refractivity contribution is 6.52. The Morgan fingerprint density at radius 1 is 0.971 bits per heavy atom. The molecule has 0 spiro atoms. The molecule has 0 aromatic heterocycles. The van der Waals surface area contributed by atoms with E-state index in [1.807, 2.05) is 0 Å². The van der Waals surface area contributed by atoms with Gasteiger partial charge in [0.05, 0.1) is 41.4 Å². The van der Waals surface area contributed by atoms with Crippen molar-refractivity contribution in [3.63, 3.8) is 0 Å². The summed E-state index contributed by atoms with van der Waals surface area (Å²) in [7, 11) is 2.87. The molecule has 1 aliphatic rings. The second-order valence-corrected chi connectivity index (χ2v) is 8.72. The first-order valence-electron chi connectivity index (χ1n) is 10.5. The number of hydrogen-bond donors (Lipinski definition) is 2. The number of halogens is 2. The van der Waals surface area contributed by atoms with Crippen LogP contribution in [0.4, 0.5) is 5.69 Å². The molecule has 1 aliphatic heterocycles. The van der Waals surface area contributed by atoms with Gasteiger partial charge >= 0.3 is 0 Å². The highest BCUT2D eigenvalue weighted by Gasteiger charge is 2.47. The van der Waals surface area contributed by atoms with Gasteiger partial charge in [-0.3, -0.25) is 14.5 Å². The quantitative estimate of drug-likeness (QED) is 0.260. The van der Waals surface area contributed by atoms with E-state index in [9.17, 15) is 19.8 Å². The zero-order chi connectivity index (χ0) is 25.4. The number of nitrogens with zero attached hydrogens (tertiary/aromatic N) is 1. The molecule has 3 aromatic carbocycles. The number of methoxy groups -OCH3 is 2. The Hall–Kier alpha value is -3.68. The number of amides is 1. The van der Waals surface area contributed by atoms with E-state index in [4.69, 9.17) is 32.7 Å². The highest BCUT2D eigenvalue weighted by Crippen LogP contribution is 2.45. The number of rotatable bonds is 5. The molecule has 1 heterocycles. The van der Waals surface area contributed by atoms with Crippen LogP contribution in [-0.4, -0.2) is 36.1 Å². The molecule has 0 bridgehead atoms. The van der Waals surface area contributed by atoms with Crippen molar-refractivity contribution < 1.29 is 29.3 Å². The van der Waals surface area contributed by atoms with Crippen LogP contribution in [0.15, 0.2) is 60.2 Å². The summed E-state index contributed by atoms with van der Waals surface area (Å²) in [5.41, 5.74) is 1.46. The van der Waals surface area contributed by atoms with Crippen LogP contribution in [0.5, 0.6) is 17.2 Å². The van der Waals surface area contributed by atoms with Crippen molar-refractivity contribution in [3.8, 4) is 17.2 Å². The fourth-order valence-electron chi connectivity index (χ4n) is 4.13. The van der Waals surface area contributed by atoms with E-state index < -0.39 is 23.5 Å². The third kappa shape index (κ3) is 4.29. The van der Waals surface area contributed by atoms with Crippen molar-refractivity contribution in [1.82, 2.24) is 0 Å². The van der Waals surface area contributed by atoms with Crippen LogP contribution in [0, 0.1) is 6.92 Å². The van der Waals surface area contributed by atoms with E-state index in [-0.39, 0.29) is 32.7 Å². The van der Waals surface area contributed by atoms with Crippen LogP contribution in [0.2, 0.25) is 10.0 Å². The zero-order valence-electron chi connectivity index (χ0n) is 19.0. The maximum atomic E-state index is 13.4. The predicted molar refractivity (Wildman–Crippen MR) is 134 cm³/mol. The molecule has 4 rings (SSSR count). The minimum atomic E-state index is -1.07. The maximum absolute atomic E-state index is 13.4. The molecule has 1 atom stereocenters. The molecule has 2 N–H and O–H groups in total. The predicted octanol–water partition coefficient (Wildman–Crippen LogP) is 5.65. The number of carbonyl (C=O) groups excluding carboxylic acids is 2. The minimum absolute atomic E-state index is 0.0231. The number of aliphatic hydroxyl groups excluding tert-OH is 1. The monoisotopic (exact) mass is 513 g/mol. The van der Waals surface area contributed by atoms with Gasteiger partial charge in [-0.2, -0.15) is 0 Å². The van der Waals surface area contributed by atoms with Crippen molar-refractivity contribution in [2.24, 2.45) is 0 Å². The van der Waals surface area contributed by atoms with Gasteiger partial charge in [0.15, 0.2) is 0 Å². The number of aryl methyl sites for hydroxylation is 1. The number of ketones is 1. The van der Waals surface area contributed by atoms with E-state index in [0.29, 0.717) is 22.6 Å². The molecule has 3 aromatic rings. The molecule has 0 aliphatic carbocycles. The summed E-state index contributed by atoms with van der Waals surface area (Å²) in [6.45, 7) is 1.77. The lowest BCUT2D eigenvalue weighted by atomic mass is 9.94. The number of hydrogen-bond acceptors (Lipinski definition) is 6. The summed E-state index contributed by atoms with van der Waals surface area (Å²) < 4.78 is 10.7. The van der Waals surface area contributed by atoms with E-state index >= 15 is 0 Å². The lowest BCUT2D eigenvalue weighted by molar-refractivity contribution is -0.132. The van der Waals surface area contributed by atoms with Gasteiger partial charge in [0.25, 0.3) is 11.7 Å². The first-order chi connectivity index (χ1) is 16.7. The van der Waals surface area contributed by atoms with E-state index in [0.717, 1.165) is 0 Å². The Bertz CT molecular complexity index is 1380. The molecule has 180 valence electrons. The first kappa shape index (κ1) is 24.4. The van der Waals surface area contributed by atoms with Gasteiger partial charge in [-0.15, -0.1) is 0 Å². The van der Waals surface area contributed by atoms with Crippen molar-refractivity contribution >= 4 is 46.3 Å². The van der Waals surface area contributed by atoms with Crippen LogP contribution in [0.25, 0.3) is 5.76 Å². The topological polar surface area (TPSA) is 96.3 Å². The van der Waals surface area contributed by atoms with Gasteiger partial charge in [-0.05, 0) is 54.4 Å². The molecule has 1 unspecified atom stereocenters. The third-order valence-electron chi connectivity index (χ3n) is 5.71. The fourth-order valence-corrected chi connectivity index (χ4v) is 4.67. The van der Waals surface area contributed by atoms with Gasteiger partial charge in [-0.25, -0.2) is 0 Å². The molecule has 1 saturated heterocycles.